The molecule has 0 aromatic carbocycles. The van der Waals surface area contributed by atoms with Crippen LogP contribution in [0.5, 0.6) is 0 Å². The maximum atomic E-state index is 12.9. The molecule has 0 amide bonds. The first-order valence-corrected chi connectivity index (χ1v) is 15.0. The number of carbonyl (C=O) groups is 3. The number of ketones is 2. The van der Waals surface area contributed by atoms with Crippen LogP contribution in [0.15, 0.2) is 59.8 Å². The second kappa shape index (κ2) is 17.4. The van der Waals surface area contributed by atoms with Crippen molar-refractivity contribution in [3.63, 3.8) is 0 Å². The van der Waals surface area contributed by atoms with Gasteiger partial charge in [-0.15, -0.1) is 0 Å². The molecule has 0 saturated carbocycles. The van der Waals surface area contributed by atoms with Gasteiger partial charge in [-0.05, 0) is 75.2 Å². The van der Waals surface area contributed by atoms with Crippen LogP contribution < -0.4 is 0 Å². The quantitative estimate of drug-likeness (QED) is 0.218. The van der Waals surface area contributed by atoms with E-state index >= 15 is 0 Å². The Kier molecular flexibility index (Phi) is 14.7. The van der Waals surface area contributed by atoms with Crippen LogP contribution in [-0.2, 0) is 23.9 Å². The van der Waals surface area contributed by atoms with Crippen LogP contribution in [0, 0.1) is 5.92 Å². The first-order valence-electron chi connectivity index (χ1n) is 15.0. The zero-order valence-electron chi connectivity index (χ0n) is 25.4. The predicted molar refractivity (Wildman–Crippen MR) is 161 cm³/mol. The molecule has 0 aromatic rings. The normalized spacial score (nSPS) is 29.0. The zero-order valence-corrected chi connectivity index (χ0v) is 25.4. The van der Waals surface area contributed by atoms with Gasteiger partial charge in [0.15, 0.2) is 0 Å². The van der Waals surface area contributed by atoms with E-state index < -0.39 is 36.3 Å². The number of rotatable bonds is 7. The predicted octanol–water partition coefficient (Wildman–Crippen LogP) is 6.05. The van der Waals surface area contributed by atoms with Crippen LogP contribution in [0.3, 0.4) is 0 Å². The molecule has 1 fully saturated rings. The van der Waals surface area contributed by atoms with Crippen LogP contribution >= 0.6 is 0 Å². The van der Waals surface area contributed by atoms with Crippen LogP contribution in [0.4, 0.5) is 0 Å². The molecule has 1 saturated heterocycles. The lowest BCUT2D eigenvalue weighted by Gasteiger charge is -2.22. The molecule has 6 atom stereocenters. The molecule has 0 spiro atoms. The highest BCUT2D eigenvalue weighted by Gasteiger charge is 2.34. The fourth-order valence-corrected chi connectivity index (χ4v) is 5.11. The fraction of sp³-hybridized carbons (Fsp3) is 0.618. The molecule has 7 heteroatoms. The Morgan fingerprint density at radius 2 is 1.93 bits per heavy atom. The number of hydrogen-bond donors (Lipinski definition) is 2. The summed E-state index contributed by atoms with van der Waals surface area (Å²) in [4.78, 5) is 38.3. The topological polar surface area (TPSA) is 110 Å². The minimum absolute atomic E-state index is 0.0299. The van der Waals surface area contributed by atoms with Crippen molar-refractivity contribution in [1.82, 2.24) is 0 Å². The zero-order chi connectivity index (χ0) is 30.5. The van der Waals surface area contributed by atoms with Crippen molar-refractivity contribution in [3.8, 4) is 0 Å². The van der Waals surface area contributed by atoms with Crippen molar-refractivity contribution >= 4 is 17.5 Å². The van der Waals surface area contributed by atoms with E-state index in [2.05, 4.69) is 20.1 Å². The third-order valence-electron chi connectivity index (χ3n) is 7.92. The van der Waals surface area contributed by atoms with Gasteiger partial charge in [-0.25, -0.2) is 0 Å². The highest BCUT2D eigenvalue weighted by Crippen LogP contribution is 2.28. The maximum absolute atomic E-state index is 12.9. The van der Waals surface area contributed by atoms with Crippen molar-refractivity contribution in [2.24, 2.45) is 5.92 Å². The van der Waals surface area contributed by atoms with E-state index in [1.54, 1.807) is 32.1 Å². The lowest BCUT2D eigenvalue weighted by molar-refractivity contribution is -0.152. The second-order valence-electron chi connectivity index (χ2n) is 11.7. The number of allylic oxidation sites excluding steroid dienone is 3. The molecular formula is C34H50O7. The molecule has 0 aromatic heterocycles. The number of unbranched alkanes of at least 4 members (excludes halogenated alkanes) is 1. The minimum atomic E-state index is -0.903. The molecule has 2 bridgehead atoms. The SMILES string of the molecule is C=C1CCC=C(C)C(O)CC(=O)C(C)CC(=O)CC2CCC(O2)C(C=CC=C(C)C(O)C(=C)CCCC)OC(=O)C1. The van der Waals surface area contributed by atoms with E-state index in [0.29, 0.717) is 36.8 Å². The van der Waals surface area contributed by atoms with Gasteiger partial charge in [-0.3, -0.25) is 14.4 Å². The van der Waals surface area contributed by atoms with Crippen molar-refractivity contribution in [3.05, 3.63) is 59.8 Å². The summed E-state index contributed by atoms with van der Waals surface area (Å²) in [5.74, 6) is -1.10. The lowest BCUT2D eigenvalue weighted by atomic mass is 9.92. The Hall–Kier alpha value is -2.61. The van der Waals surface area contributed by atoms with Gasteiger partial charge in [-0.1, -0.05) is 57.2 Å². The highest BCUT2D eigenvalue weighted by molar-refractivity contribution is 5.88. The number of hydrogen-bond acceptors (Lipinski definition) is 7. The molecule has 2 aliphatic rings. The summed E-state index contributed by atoms with van der Waals surface area (Å²) < 4.78 is 12.0. The molecule has 2 heterocycles. The molecule has 2 N–H and O–H groups in total. The number of fused-ring (bicyclic) bond motifs is 2. The van der Waals surface area contributed by atoms with Crippen molar-refractivity contribution in [2.75, 3.05) is 0 Å². The molecule has 7 nitrogen and oxygen atoms in total. The van der Waals surface area contributed by atoms with Gasteiger partial charge in [-0.2, -0.15) is 0 Å². The van der Waals surface area contributed by atoms with Crippen LogP contribution in [0.25, 0.3) is 0 Å². The summed E-state index contributed by atoms with van der Waals surface area (Å²) in [6.07, 6.45) is 9.57. The summed E-state index contributed by atoms with van der Waals surface area (Å²) in [5.41, 5.74) is 2.90. The molecular weight excluding hydrogens is 520 g/mol. The maximum Gasteiger partial charge on any atom is 0.310 e. The van der Waals surface area contributed by atoms with E-state index in [-0.39, 0.29) is 43.4 Å². The summed E-state index contributed by atoms with van der Waals surface area (Å²) in [6, 6.07) is 0. The van der Waals surface area contributed by atoms with Crippen molar-refractivity contribution in [2.45, 2.75) is 129 Å². The van der Waals surface area contributed by atoms with Gasteiger partial charge in [0.1, 0.15) is 17.7 Å². The van der Waals surface area contributed by atoms with Gasteiger partial charge in [0.05, 0.1) is 30.8 Å². The molecule has 6 unspecified atom stereocenters. The molecule has 2 rings (SSSR count). The van der Waals surface area contributed by atoms with Gasteiger partial charge >= 0.3 is 5.97 Å². The summed E-state index contributed by atoms with van der Waals surface area (Å²) in [7, 11) is 0. The smallest absolute Gasteiger partial charge is 0.310 e. The van der Waals surface area contributed by atoms with E-state index in [1.165, 1.54) is 0 Å². The van der Waals surface area contributed by atoms with Gasteiger partial charge in [0.2, 0.25) is 0 Å². The van der Waals surface area contributed by atoms with Crippen LogP contribution in [0.2, 0.25) is 0 Å². The number of aliphatic hydroxyl groups is 2. The number of aliphatic hydroxyl groups excluding tert-OH is 2. The van der Waals surface area contributed by atoms with Crippen LogP contribution in [0.1, 0.15) is 98.3 Å². The van der Waals surface area contributed by atoms with Gasteiger partial charge in [0.25, 0.3) is 0 Å². The van der Waals surface area contributed by atoms with E-state index in [9.17, 15) is 24.6 Å². The van der Waals surface area contributed by atoms with E-state index in [4.69, 9.17) is 9.47 Å². The fourth-order valence-electron chi connectivity index (χ4n) is 5.11. The lowest BCUT2D eigenvalue weighted by Crippen LogP contribution is -2.30. The van der Waals surface area contributed by atoms with Crippen molar-refractivity contribution < 1.29 is 34.1 Å². The summed E-state index contributed by atoms with van der Waals surface area (Å²) in [6.45, 7) is 15.5. The number of ether oxygens (including phenoxy) is 2. The Balaban J connectivity index is 2.21. The molecule has 2 aliphatic heterocycles. The average molecular weight is 571 g/mol. The number of Topliss-reactive ketones (excluding diaryl/α,β-unsaturated/α-hetero) is 2. The van der Waals surface area contributed by atoms with Gasteiger partial charge < -0.3 is 19.7 Å². The van der Waals surface area contributed by atoms with Gasteiger partial charge in [0, 0.05) is 25.2 Å². The Morgan fingerprint density at radius 1 is 1.20 bits per heavy atom. The second-order valence-corrected chi connectivity index (χ2v) is 11.7. The minimum Gasteiger partial charge on any atom is -0.455 e. The Morgan fingerprint density at radius 3 is 2.63 bits per heavy atom. The molecule has 228 valence electrons. The molecule has 41 heavy (non-hydrogen) atoms. The first-order chi connectivity index (χ1) is 19.4. The number of esters is 1. The molecule has 0 aliphatic carbocycles. The highest BCUT2D eigenvalue weighted by atomic mass is 16.6. The summed E-state index contributed by atoms with van der Waals surface area (Å²) >= 11 is 0. The number of cyclic esters (lactones) is 1. The average Bonchev–Trinajstić information content (AvgIpc) is 3.37. The monoisotopic (exact) mass is 570 g/mol. The first kappa shape index (κ1) is 34.6. The van der Waals surface area contributed by atoms with Crippen molar-refractivity contribution in [1.29, 1.82) is 0 Å². The largest absolute Gasteiger partial charge is 0.455 e. The Bertz CT molecular complexity index is 1030. The standard InChI is InChI=1S/C34H50O7/c1-7-8-12-24(4)34(39)25(5)14-10-15-31-32-17-16-28(40-32)20-27(35)19-26(6)30(37)21-29(36)23(3)13-9-11-22(2)18-33(38)41-31/h10,13-15,26,28-29,31-32,34,36,39H,2,4,7-9,11-12,16-21H2,1,3,5-6H3. The number of carbonyl (C=O) groups excluding carboxylic acids is 3. The third-order valence-corrected chi connectivity index (χ3v) is 7.92. The van der Waals surface area contributed by atoms with E-state index in [0.717, 1.165) is 30.4 Å². The third kappa shape index (κ3) is 12.0. The van der Waals surface area contributed by atoms with Crippen LogP contribution in [-0.4, -0.2) is 58.3 Å². The summed E-state index contributed by atoms with van der Waals surface area (Å²) in [5, 5.41) is 21.0. The molecule has 0 radical (unpaired) electrons. The Labute approximate surface area is 246 Å². The van der Waals surface area contributed by atoms with E-state index in [1.807, 2.05) is 13.0 Å².